The van der Waals surface area contributed by atoms with Crippen molar-refractivity contribution in [3.8, 4) is 22.8 Å². The number of nitrogens with zero attached hydrogens (tertiary/aromatic N) is 4. The van der Waals surface area contributed by atoms with E-state index in [0.717, 1.165) is 25.2 Å². The topological polar surface area (TPSA) is 122 Å². The zero-order valence-electron chi connectivity index (χ0n) is 22.3. The van der Waals surface area contributed by atoms with Gasteiger partial charge in [-0.15, -0.1) is 0 Å². The van der Waals surface area contributed by atoms with Crippen molar-refractivity contribution < 1.29 is 14.3 Å². The van der Waals surface area contributed by atoms with Crippen LogP contribution < -0.4 is 20.9 Å². The molecule has 0 saturated heterocycles. The maximum Gasteiger partial charge on any atom is 0.146 e. The predicted molar refractivity (Wildman–Crippen MR) is 153 cm³/mol. The molecule has 0 unspecified atom stereocenters. The van der Waals surface area contributed by atoms with Crippen molar-refractivity contribution in [3.05, 3.63) is 73.3 Å². The van der Waals surface area contributed by atoms with Gasteiger partial charge in [-0.1, -0.05) is 24.8 Å². The number of fused-ring (bicyclic) bond motifs is 3. The van der Waals surface area contributed by atoms with Crippen LogP contribution in [0.3, 0.4) is 0 Å². The van der Waals surface area contributed by atoms with Crippen LogP contribution in [-0.4, -0.2) is 60.1 Å². The first-order valence-electron chi connectivity index (χ1n) is 12.3. The van der Waals surface area contributed by atoms with Crippen LogP contribution in [0, 0.1) is 0 Å². The number of ether oxygens (including phenoxy) is 2. The number of nitrogens with two attached hydrogens (primary N) is 2. The van der Waals surface area contributed by atoms with Crippen molar-refractivity contribution >= 4 is 28.6 Å². The quantitative estimate of drug-likeness (QED) is 0.213. The van der Waals surface area contributed by atoms with Crippen LogP contribution in [0.1, 0.15) is 12.1 Å². The number of methoxy groups -OCH3 is 1. The average Bonchev–Trinajstić information content (AvgIpc) is 3.52. The van der Waals surface area contributed by atoms with Gasteiger partial charge >= 0.3 is 0 Å². The van der Waals surface area contributed by atoms with Crippen LogP contribution in [-0.2, 0) is 17.8 Å². The third kappa shape index (κ3) is 6.89. The summed E-state index contributed by atoms with van der Waals surface area (Å²) in [6.07, 6.45) is 7.66. The number of aromatic nitrogens is 3. The number of aldehydes is 1. The van der Waals surface area contributed by atoms with Gasteiger partial charge in [-0.3, -0.25) is 4.79 Å². The molecule has 0 bridgehead atoms. The number of benzene rings is 2. The van der Waals surface area contributed by atoms with Gasteiger partial charge in [0.1, 0.15) is 30.7 Å². The molecule has 0 fully saturated rings. The Morgan fingerprint density at radius 1 is 1.13 bits per heavy atom. The Bertz CT molecular complexity index is 1350. The van der Waals surface area contributed by atoms with Crippen molar-refractivity contribution in [2.75, 3.05) is 45.8 Å². The Kier molecular flexibility index (Phi) is 10.2. The number of aryl methyl sites for hydroxylation is 1. The Morgan fingerprint density at radius 2 is 1.87 bits per heavy atom. The molecule has 5 rings (SSSR count). The minimum atomic E-state index is 0.514. The first-order valence-corrected chi connectivity index (χ1v) is 12.3. The van der Waals surface area contributed by atoms with Crippen molar-refractivity contribution in [1.29, 1.82) is 0 Å². The van der Waals surface area contributed by atoms with Gasteiger partial charge in [0, 0.05) is 47.5 Å². The predicted octanol–water partition coefficient (Wildman–Crippen LogP) is 4.22. The average molecular weight is 517 g/mol. The number of para-hydroxylation sites is 1. The first-order chi connectivity index (χ1) is 18.4. The van der Waals surface area contributed by atoms with Crippen molar-refractivity contribution in [2.24, 2.45) is 0 Å². The lowest BCUT2D eigenvalue weighted by molar-refractivity contribution is -0.104. The second-order valence-electron chi connectivity index (χ2n) is 8.84. The second kappa shape index (κ2) is 13.8. The number of rotatable bonds is 7. The Balaban J connectivity index is 0.000000187. The summed E-state index contributed by atoms with van der Waals surface area (Å²) in [5.74, 6) is 1.18. The smallest absolute Gasteiger partial charge is 0.146 e. The molecule has 0 radical (unpaired) electrons. The summed E-state index contributed by atoms with van der Waals surface area (Å²) in [5.41, 5.74) is 17.6. The zero-order chi connectivity index (χ0) is 27.5. The van der Waals surface area contributed by atoms with Gasteiger partial charge in [-0.2, -0.15) is 0 Å². The fraction of sp³-hybridized carbons (Fsp3) is 0.276. The second-order valence-corrected chi connectivity index (χ2v) is 8.84. The molecule has 2 aromatic heterocycles. The molecule has 0 saturated carbocycles. The van der Waals surface area contributed by atoms with E-state index in [1.54, 1.807) is 25.6 Å². The van der Waals surface area contributed by atoms with E-state index in [0.29, 0.717) is 35.8 Å². The molecule has 0 amide bonds. The monoisotopic (exact) mass is 516 g/mol. The normalized spacial score (nSPS) is 11.6. The highest BCUT2D eigenvalue weighted by Gasteiger charge is 2.22. The van der Waals surface area contributed by atoms with Gasteiger partial charge in [0.05, 0.1) is 24.2 Å². The lowest BCUT2D eigenvalue weighted by Gasteiger charge is -2.14. The molecular formula is C29H36N6O3. The summed E-state index contributed by atoms with van der Waals surface area (Å²) in [6.45, 7) is 5.64. The third-order valence-electron chi connectivity index (χ3n) is 5.97. The zero-order valence-corrected chi connectivity index (χ0v) is 22.3. The molecule has 4 N–H and O–H groups in total. The number of nitrogen functional groups attached to an aromatic ring is 2. The fourth-order valence-electron chi connectivity index (χ4n) is 4.24. The van der Waals surface area contributed by atoms with Gasteiger partial charge in [0.2, 0.25) is 0 Å². The van der Waals surface area contributed by atoms with Crippen molar-refractivity contribution in [1.82, 2.24) is 19.4 Å². The molecule has 38 heavy (non-hydrogen) atoms. The molecule has 3 heterocycles. The summed E-state index contributed by atoms with van der Waals surface area (Å²) in [7, 11) is 5.53. The Labute approximate surface area is 223 Å². The number of carbonyl (C=O) groups is 1. The largest absolute Gasteiger partial charge is 0.494 e. The first kappa shape index (κ1) is 28.2. The molecule has 200 valence electrons. The van der Waals surface area contributed by atoms with Gasteiger partial charge in [0.25, 0.3) is 0 Å². The molecule has 2 aromatic carbocycles. The van der Waals surface area contributed by atoms with E-state index in [-0.39, 0.29) is 0 Å². The summed E-state index contributed by atoms with van der Waals surface area (Å²) in [5, 5.41) is 1.31. The number of carbonyl (C=O) groups excluding carboxylic acids is 1. The highest BCUT2D eigenvalue weighted by Crippen LogP contribution is 2.37. The number of allylic oxidation sites excluding steroid dienone is 1. The van der Waals surface area contributed by atoms with Gasteiger partial charge < -0.3 is 30.4 Å². The molecule has 4 aromatic rings. The highest BCUT2D eigenvalue weighted by molar-refractivity contribution is 5.97. The van der Waals surface area contributed by atoms with E-state index < -0.39 is 0 Å². The minimum absolute atomic E-state index is 0.514. The van der Waals surface area contributed by atoms with E-state index in [2.05, 4.69) is 45.4 Å². The number of hydrogen-bond acceptors (Lipinski definition) is 8. The summed E-state index contributed by atoms with van der Waals surface area (Å²) < 4.78 is 13.1. The van der Waals surface area contributed by atoms with E-state index in [9.17, 15) is 0 Å². The lowest BCUT2D eigenvalue weighted by atomic mass is 10.1. The summed E-state index contributed by atoms with van der Waals surface area (Å²) in [4.78, 5) is 19.5. The summed E-state index contributed by atoms with van der Waals surface area (Å²) >= 11 is 0. The highest BCUT2D eigenvalue weighted by atomic mass is 16.5. The molecule has 9 nitrogen and oxygen atoms in total. The number of anilines is 2. The van der Waals surface area contributed by atoms with Crippen LogP contribution >= 0.6 is 0 Å². The number of hydrogen-bond donors (Lipinski definition) is 2. The summed E-state index contributed by atoms with van der Waals surface area (Å²) in [6, 6.07) is 14.0. The fourth-order valence-corrected chi connectivity index (χ4v) is 4.24. The van der Waals surface area contributed by atoms with Crippen molar-refractivity contribution in [2.45, 2.75) is 19.4 Å². The molecule has 0 aliphatic carbocycles. The van der Waals surface area contributed by atoms with Crippen LogP contribution in [0.2, 0.25) is 0 Å². The molecule has 9 heteroatoms. The Hall–Kier alpha value is -4.37. The minimum Gasteiger partial charge on any atom is -0.494 e. The molecule has 0 atom stereocenters. The van der Waals surface area contributed by atoms with Crippen LogP contribution in [0.5, 0.6) is 11.5 Å². The van der Waals surface area contributed by atoms with E-state index >= 15 is 0 Å². The lowest BCUT2D eigenvalue weighted by Crippen LogP contribution is -2.19. The maximum absolute atomic E-state index is 9.06. The third-order valence-corrected chi connectivity index (χ3v) is 5.97. The van der Waals surface area contributed by atoms with Gasteiger partial charge in [0.15, 0.2) is 0 Å². The van der Waals surface area contributed by atoms with E-state index in [1.165, 1.54) is 34.7 Å². The Morgan fingerprint density at radius 3 is 2.53 bits per heavy atom. The van der Waals surface area contributed by atoms with E-state index in [4.69, 9.17) is 25.7 Å². The number of likely N-dealkylation sites (N-methyl/N-ethyl adjacent to an activating group) is 1. The van der Waals surface area contributed by atoms with E-state index in [1.807, 2.05) is 31.3 Å². The van der Waals surface area contributed by atoms with Crippen LogP contribution in [0.15, 0.2) is 67.6 Å². The van der Waals surface area contributed by atoms with Crippen LogP contribution in [0.25, 0.3) is 22.2 Å². The van der Waals surface area contributed by atoms with Crippen molar-refractivity contribution in [3.63, 3.8) is 0 Å². The van der Waals surface area contributed by atoms with Gasteiger partial charge in [-0.05, 0) is 51.2 Å². The van der Waals surface area contributed by atoms with Gasteiger partial charge in [-0.25, -0.2) is 9.97 Å². The molecular weight excluding hydrogens is 480 g/mol. The molecule has 1 aliphatic heterocycles. The van der Waals surface area contributed by atoms with Crippen LogP contribution in [0.4, 0.5) is 11.4 Å². The molecule has 0 spiro atoms. The maximum atomic E-state index is 9.06. The SMILES string of the molecule is C=CC=O.COc1cc(OCCN(C)C)c(N)cc1N.c1ccc2c(c1)c(-c1ccncn1)c1n2CCC1. The molecule has 1 aliphatic rings. The standard InChI is InChI=1S/C15H13N3.C11H19N3O2.C3H4O/c1-2-5-13-11(4-1)15(12-7-8-16-10-17-12)14-6-3-9-18(13)14;1-14(2)4-5-16-11-7-10(15-3)8(12)6-9(11)13;1-2-3-4/h1-2,4-5,7-8,10H,3,6,9H2;6-7H,4-5,12-13H2,1-3H3;2-3H,1H2.